The Morgan fingerprint density at radius 2 is 1.88 bits per heavy atom. The maximum atomic E-state index is 15.1. The molecule has 2 saturated carbocycles. The summed E-state index contributed by atoms with van der Waals surface area (Å²) in [6.45, 7) is 6.54. The van der Waals surface area contributed by atoms with Crippen LogP contribution < -0.4 is 15.4 Å². The highest BCUT2D eigenvalue weighted by atomic mass is 19.2. The lowest BCUT2D eigenvalue weighted by Gasteiger charge is -2.34. The van der Waals surface area contributed by atoms with Gasteiger partial charge >= 0.3 is 6.09 Å². The Kier molecular flexibility index (Phi) is 7.39. The predicted molar refractivity (Wildman–Crippen MR) is 155 cm³/mol. The summed E-state index contributed by atoms with van der Waals surface area (Å²) < 4.78 is 41.2. The van der Waals surface area contributed by atoms with Crippen LogP contribution >= 0.6 is 0 Å². The Labute approximate surface area is 248 Å². The van der Waals surface area contributed by atoms with Crippen LogP contribution in [0, 0.1) is 23.0 Å². The Morgan fingerprint density at radius 3 is 2.63 bits per heavy atom. The normalized spacial score (nSPS) is 20.3. The zero-order valence-corrected chi connectivity index (χ0v) is 24.3. The van der Waals surface area contributed by atoms with Crippen molar-refractivity contribution in [2.75, 3.05) is 23.7 Å². The van der Waals surface area contributed by atoms with Crippen LogP contribution in [-0.2, 0) is 9.53 Å². The second-order valence-corrected chi connectivity index (χ2v) is 12.5. The van der Waals surface area contributed by atoms with Gasteiger partial charge in [-0.3, -0.25) is 4.79 Å². The van der Waals surface area contributed by atoms with Crippen molar-refractivity contribution in [3.8, 4) is 22.9 Å². The molecule has 1 aliphatic heterocycles. The molecule has 12 heteroatoms. The van der Waals surface area contributed by atoms with Gasteiger partial charge in [0, 0.05) is 37.4 Å². The third-order valence-corrected chi connectivity index (χ3v) is 8.02. The highest BCUT2D eigenvalue weighted by Gasteiger charge is 2.65. The number of halogens is 2. The molecule has 2 aliphatic carbocycles. The van der Waals surface area contributed by atoms with E-state index in [4.69, 9.17) is 9.47 Å². The van der Waals surface area contributed by atoms with E-state index in [1.165, 1.54) is 18.3 Å². The largest absolute Gasteiger partial charge is 0.444 e. The van der Waals surface area contributed by atoms with Gasteiger partial charge in [-0.1, -0.05) is 0 Å². The van der Waals surface area contributed by atoms with Crippen LogP contribution in [0.4, 0.5) is 25.2 Å². The van der Waals surface area contributed by atoms with E-state index in [0.717, 1.165) is 32.1 Å². The van der Waals surface area contributed by atoms with Crippen LogP contribution in [0.25, 0.3) is 11.3 Å². The molecule has 0 radical (unpaired) electrons. The number of likely N-dealkylation sites (tertiary alicyclic amines) is 1. The number of carbonyl (C=O) groups is 2. The summed E-state index contributed by atoms with van der Waals surface area (Å²) in [4.78, 5) is 39.8. The van der Waals surface area contributed by atoms with Crippen LogP contribution in [-0.4, -0.2) is 56.6 Å². The number of benzene rings is 1. The summed E-state index contributed by atoms with van der Waals surface area (Å²) >= 11 is 0. The van der Waals surface area contributed by atoms with Gasteiger partial charge in [-0.05, 0) is 88.6 Å². The zero-order chi connectivity index (χ0) is 30.4. The van der Waals surface area contributed by atoms with Gasteiger partial charge in [0.15, 0.2) is 11.6 Å². The SMILES string of the molecule is CC(C)(C)OC(=O)N1CCC[C@H](Nc2nccc(-c3cccnc3Oc3ccc(NC(=O)[C@@H]4CC45CC5)c(F)c3F)n2)C1. The first-order valence-corrected chi connectivity index (χ1v) is 14.5. The molecule has 2 atom stereocenters. The fourth-order valence-corrected chi connectivity index (χ4v) is 5.48. The number of hydrogen-bond donors (Lipinski definition) is 2. The molecule has 2 amide bonds. The topological polar surface area (TPSA) is 119 Å². The summed E-state index contributed by atoms with van der Waals surface area (Å²) in [5.74, 6) is -2.86. The summed E-state index contributed by atoms with van der Waals surface area (Å²) in [6, 6.07) is 7.49. The third kappa shape index (κ3) is 6.37. The van der Waals surface area contributed by atoms with Gasteiger partial charge in [0.1, 0.15) is 5.60 Å². The Morgan fingerprint density at radius 1 is 1.07 bits per heavy atom. The average Bonchev–Trinajstić information content (AvgIpc) is 3.90. The Hall–Kier alpha value is -4.35. The molecule has 1 saturated heterocycles. The molecule has 3 aromatic rings. The lowest BCUT2D eigenvalue weighted by Crippen LogP contribution is -2.47. The molecule has 0 bridgehead atoms. The van der Waals surface area contributed by atoms with E-state index in [0.29, 0.717) is 30.3 Å². The minimum absolute atomic E-state index is 0.0182. The zero-order valence-electron chi connectivity index (χ0n) is 24.3. The second kappa shape index (κ2) is 11.1. The number of nitrogens with zero attached hydrogens (tertiary/aromatic N) is 4. The van der Waals surface area contributed by atoms with Gasteiger partial charge in [-0.15, -0.1) is 0 Å². The summed E-state index contributed by atoms with van der Waals surface area (Å²) in [7, 11) is 0. The van der Waals surface area contributed by atoms with Gasteiger partial charge in [0.2, 0.25) is 23.6 Å². The van der Waals surface area contributed by atoms with E-state index in [1.54, 1.807) is 29.3 Å². The molecule has 3 aliphatic rings. The highest BCUT2D eigenvalue weighted by molar-refractivity contribution is 5.95. The van der Waals surface area contributed by atoms with Crippen LogP contribution in [0.15, 0.2) is 42.7 Å². The lowest BCUT2D eigenvalue weighted by molar-refractivity contribution is -0.117. The van der Waals surface area contributed by atoms with Crippen LogP contribution in [0.2, 0.25) is 0 Å². The fourth-order valence-electron chi connectivity index (χ4n) is 5.48. The molecule has 3 fully saturated rings. The minimum atomic E-state index is -1.23. The Balaban J connectivity index is 1.15. The Bertz CT molecular complexity index is 1560. The number of hydrogen-bond acceptors (Lipinski definition) is 8. The van der Waals surface area contributed by atoms with Gasteiger partial charge in [-0.25, -0.2) is 24.1 Å². The molecule has 3 heterocycles. The highest BCUT2D eigenvalue weighted by Crippen LogP contribution is 2.70. The quantitative estimate of drug-likeness (QED) is 0.335. The summed E-state index contributed by atoms with van der Waals surface area (Å²) in [6.07, 6.45) is 7.12. The van der Waals surface area contributed by atoms with E-state index >= 15 is 4.39 Å². The van der Waals surface area contributed by atoms with Crippen molar-refractivity contribution >= 4 is 23.6 Å². The van der Waals surface area contributed by atoms with Crippen molar-refractivity contribution < 1.29 is 27.8 Å². The molecule has 2 N–H and O–H groups in total. The molecule has 226 valence electrons. The van der Waals surface area contributed by atoms with Crippen molar-refractivity contribution in [2.24, 2.45) is 11.3 Å². The minimum Gasteiger partial charge on any atom is -0.444 e. The number of carbonyl (C=O) groups excluding carboxylic acids is 2. The number of aromatic nitrogens is 3. The smallest absolute Gasteiger partial charge is 0.410 e. The van der Waals surface area contributed by atoms with Gasteiger partial charge < -0.3 is 25.0 Å². The number of nitrogens with one attached hydrogen (secondary N) is 2. The third-order valence-electron chi connectivity index (χ3n) is 8.02. The standard InChI is InChI=1S/C31H34F2N6O4/c1-30(2,3)43-29(41)39-15-5-6-18(17-39)36-28-35-14-10-21(38-28)19-7-4-13-34-27(19)42-23-9-8-22(24(32)25(23)33)37-26(40)20-16-31(20)11-12-31/h4,7-10,13-14,18,20H,5-6,11-12,15-17H2,1-3H3,(H,37,40)(H,35,36,38)/t18-,20-/m0/s1. The predicted octanol–water partition coefficient (Wildman–Crippen LogP) is 6.16. The molecular weight excluding hydrogens is 558 g/mol. The van der Waals surface area contributed by atoms with E-state index in [9.17, 15) is 14.0 Å². The van der Waals surface area contributed by atoms with E-state index < -0.39 is 17.2 Å². The molecule has 43 heavy (non-hydrogen) atoms. The number of pyridine rings is 1. The van der Waals surface area contributed by atoms with E-state index in [1.807, 2.05) is 20.8 Å². The van der Waals surface area contributed by atoms with Crippen LogP contribution in [0.3, 0.4) is 0 Å². The van der Waals surface area contributed by atoms with Crippen molar-refractivity contribution in [1.29, 1.82) is 0 Å². The van der Waals surface area contributed by atoms with Crippen LogP contribution in [0.1, 0.15) is 52.9 Å². The van der Waals surface area contributed by atoms with Crippen LogP contribution in [0.5, 0.6) is 11.6 Å². The van der Waals surface area contributed by atoms with Gasteiger partial charge in [-0.2, -0.15) is 4.39 Å². The molecule has 1 aromatic carbocycles. The monoisotopic (exact) mass is 592 g/mol. The lowest BCUT2D eigenvalue weighted by atomic mass is 10.1. The number of piperidine rings is 1. The number of anilines is 2. The van der Waals surface area contributed by atoms with Gasteiger partial charge in [0.25, 0.3) is 0 Å². The maximum absolute atomic E-state index is 15.1. The summed E-state index contributed by atoms with van der Waals surface area (Å²) in [5, 5.41) is 5.81. The first-order valence-electron chi connectivity index (χ1n) is 14.5. The van der Waals surface area contributed by atoms with Gasteiger partial charge in [0.05, 0.1) is 16.9 Å². The molecule has 1 spiro atoms. The number of rotatable bonds is 7. The van der Waals surface area contributed by atoms with Crippen molar-refractivity contribution in [3.05, 3.63) is 54.4 Å². The second-order valence-electron chi connectivity index (χ2n) is 12.5. The number of amides is 2. The molecule has 2 aromatic heterocycles. The van der Waals surface area contributed by atoms with Crippen molar-refractivity contribution in [1.82, 2.24) is 19.9 Å². The number of ether oxygens (including phenoxy) is 2. The first kappa shape index (κ1) is 28.8. The summed E-state index contributed by atoms with van der Waals surface area (Å²) in [5.41, 5.74) is 0.181. The van der Waals surface area contributed by atoms with E-state index in [-0.39, 0.29) is 46.7 Å². The maximum Gasteiger partial charge on any atom is 0.410 e. The molecular formula is C31H34F2N6O4. The van der Waals surface area contributed by atoms with E-state index in [2.05, 4.69) is 25.6 Å². The van der Waals surface area contributed by atoms with Crippen molar-refractivity contribution in [2.45, 2.75) is 64.5 Å². The average molecular weight is 593 g/mol. The molecule has 6 rings (SSSR count). The first-order chi connectivity index (χ1) is 20.5. The van der Waals surface area contributed by atoms with Crippen molar-refractivity contribution in [3.63, 3.8) is 0 Å². The molecule has 10 nitrogen and oxygen atoms in total. The molecule has 0 unspecified atom stereocenters. The fraction of sp³-hybridized carbons (Fsp3) is 0.452.